The molecule has 3 saturated carbocycles. The van der Waals surface area contributed by atoms with Gasteiger partial charge in [-0.15, -0.1) is 0 Å². The van der Waals surface area contributed by atoms with Gasteiger partial charge in [-0.25, -0.2) is 0 Å². The number of Topliss-reactive ketones (excluding diaryl/α,β-unsaturated/α-hetero) is 1. The average Bonchev–Trinajstić information content (AvgIpc) is 3.05. The fourth-order valence-electron chi connectivity index (χ4n) is 8.35. The van der Waals surface area contributed by atoms with E-state index >= 15 is 0 Å². The number of carboxylic acids is 1. The smallest absolute Gasteiger partial charge is 0.306 e. The highest BCUT2D eigenvalue weighted by Crippen LogP contribution is 2.66. The molecule has 4 aliphatic carbocycles. The van der Waals surface area contributed by atoms with Crippen molar-refractivity contribution >= 4 is 11.8 Å². The van der Waals surface area contributed by atoms with E-state index < -0.39 is 5.97 Å². The van der Waals surface area contributed by atoms with Gasteiger partial charge in [-0.05, 0) is 85.4 Å². The molecular weight excluding hydrogens is 372 g/mol. The lowest BCUT2D eigenvalue weighted by Crippen LogP contribution is -2.49. The maximum atomic E-state index is 12.1. The average molecular weight is 415 g/mol. The summed E-state index contributed by atoms with van der Waals surface area (Å²) in [6, 6.07) is 0. The van der Waals surface area contributed by atoms with Crippen LogP contribution in [0.4, 0.5) is 0 Å². The molecule has 0 aromatic heterocycles. The monoisotopic (exact) mass is 414 g/mol. The van der Waals surface area contributed by atoms with Crippen molar-refractivity contribution in [3.8, 4) is 0 Å². The minimum Gasteiger partial charge on any atom is -0.481 e. The summed E-state index contributed by atoms with van der Waals surface area (Å²) in [5.74, 6) is 3.06. The number of ketones is 1. The Labute approximate surface area is 183 Å². The van der Waals surface area contributed by atoms with E-state index in [0.29, 0.717) is 34.4 Å². The quantitative estimate of drug-likeness (QED) is 0.494. The van der Waals surface area contributed by atoms with Gasteiger partial charge in [0.1, 0.15) is 5.78 Å². The van der Waals surface area contributed by atoms with Crippen LogP contribution in [0, 0.1) is 46.3 Å². The molecule has 0 spiro atoms. The molecule has 8 atom stereocenters. The number of rotatable bonds is 6. The molecule has 3 nitrogen and oxygen atoms in total. The second-order valence-corrected chi connectivity index (χ2v) is 11.9. The molecule has 0 bridgehead atoms. The fraction of sp³-hybridized carbons (Fsp3) is 0.852. The Bertz CT molecular complexity index is 724. The first-order valence-electron chi connectivity index (χ1n) is 12.6. The standard InChI is InChI=1S/C27H42O3/c1-17(6-5-7-18(2)25(29)30)22-10-11-23-21-9-8-19-16-20(28)12-14-26(19,3)24(21)13-15-27(22,23)4/h9,17-19,22-24H,5-8,10-16H2,1-4H3,(H,29,30)/t17?,18?,19-,22?,23?,24?,26?,27?/m0/s1. The van der Waals surface area contributed by atoms with Gasteiger partial charge in [-0.2, -0.15) is 0 Å². The van der Waals surface area contributed by atoms with E-state index in [1.54, 1.807) is 5.57 Å². The van der Waals surface area contributed by atoms with E-state index in [9.17, 15) is 9.59 Å². The Balaban J connectivity index is 1.46. The van der Waals surface area contributed by atoms with Crippen LogP contribution in [0.15, 0.2) is 11.6 Å². The number of aliphatic carboxylic acids is 1. The van der Waals surface area contributed by atoms with Crippen molar-refractivity contribution in [1.82, 2.24) is 0 Å². The van der Waals surface area contributed by atoms with Gasteiger partial charge in [0.15, 0.2) is 0 Å². The Hall–Kier alpha value is -1.12. The largest absolute Gasteiger partial charge is 0.481 e. The molecule has 1 N–H and O–H groups in total. The molecule has 4 aliphatic rings. The van der Waals surface area contributed by atoms with Crippen molar-refractivity contribution < 1.29 is 14.7 Å². The number of carbonyl (C=O) groups is 2. The number of allylic oxidation sites excluding steroid dienone is 2. The van der Waals surface area contributed by atoms with Crippen molar-refractivity contribution in [3.05, 3.63) is 11.6 Å². The second kappa shape index (κ2) is 8.10. The first-order valence-corrected chi connectivity index (χ1v) is 12.6. The molecule has 0 radical (unpaired) electrons. The van der Waals surface area contributed by atoms with E-state index in [1.807, 2.05) is 6.92 Å². The first kappa shape index (κ1) is 22.1. The highest BCUT2D eigenvalue weighted by atomic mass is 16.4. The van der Waals surface area contributed by atoms with Gasteiger partial charge in [-0.1, -0.05) is 52.2 Å². The SMILES string of the molecule is CC(CCCC(C)C1CCC2C3=CC[C@H]4CC(=O)CCC4(C)C3CCC21C)C(=O)O. The van der Waals surface area contributed by atoms with Crippen molar-refractivity contribution in [2.75, 3.05) is 0 Å². The molecule has 4 rings (SSSR count). The minimum atomic E-state index is -0.658. The van der Waals surface area contributed by atoms with Crippen molar-refractivity contribution in [2.45, 2.75) is 98.3 Å². The Morgan fingerprint density at radius 1 is 1.10 bits per heavy atom. The topological polar surface area (TPSA) is 54.4 Å². The molecule has 0 aromatic rings. The van der Waals surface area contributed by atoms with Gasteiger partial charge in [0.2, 0.25) is 0 Å². The predicted octanol–water partition coefficient (Wildman–Crippen LogP) is 6.66. The predicted molar refractivity (Wildman–Crippen MR) is 120 cm³/mol. The van der Waals surface area contributed by atoms with Crippen LogP contribution in [0.2, 0.25) is 0 Å². The van der Waals surface area contributed by atoms with Crippen molar-refractivity contribution in [3.63, 3.8) is 0 Å². The van der Waals surface area contributed by atoms with E-state index in [1.165, 1.54) is 25.7 Å². The Morgan fingerprint density at radius 2 is 1.83 bits per heavy atom. The maximum Gasteiger partial charge on any atom is 0.306 e. The number of hydrogen-bond donors (Lipinski definition) is 1. The van der Waals surface area contributed by atoms with Gasteiger partial charge in [0.05, 0.1) is 5.92 Å². The Kier molecular flexibility index (Phi) is 5.96. The third kappa shape index (κ3) is 3.58. The van der Waals surface area contributed by atoms with Crippen LogP contribution in [0.25, 0.3) is 0 Å². The van der Waals surface area contributed by atoms with E-state index in [2.05, 4.69) is 26.8 Å². The highest BCUT2D eigenvalue weighted by Gasteiger charge is 2.58. The van der Waals surface area contributed by atoms with Gasteiger partial charge in [0.25, 0.3) is 0 Å². The van der Waals surface area contributed by atoms with E-state index in [0.717, 1.165) is 56.8 Å². The molecule has 0 heterocycles. The third-order valence-corrected chi connectivity index (χ3v) is 10.4. The highest BCUT2D eigenvalue weighted by molar-refractivity contribution is 5.79. The van der Waals surface area contributed by atoms with Crippen LogP contribution >= 0.6 is 0 Å². The molecular formula is C27H42O3. The summed E-state index contributed by atoms with van der Waals surface area (Å²) in [6.07, 6.45) is 14.7. The lowest BCUT2D eigenvalue weighted by molar-refractivity contribution is -0.141. The number of carbonyl (C=O) groups excluding carboxylic acids is 1. The molecule has 0 aliphatic heterocycles. The first-order chi connectivity index (χ1) is 14.2. The van der Waals surface area contributed by atoms with Crippen LogP contribution in [-0.4, -0.2) is 16.9 Å². The molecule has 30 heavy (non-hydrogen) atoms. The maximum absolute atomic E-state index is 12.1. The molecule has 0 amide bonds. The van der Waals surface area contributed by atoms with Crippen LogP contribution in [0.3, 0.4) is 0 Å². The van der Waals surface area contributed by atoms with Crippen LogP contribution in [0.1, 0.15) is 98.3 Å². The van der Waals surface area contributed by atoms with Gasteiger partial charge in [-0.3, -0.25) is 9.59 Å². The Morgan fingerprint density at radius 3 is 2.57 bits per heavy atom. The van der Waals surface area contributed by atoms with Crippen LogP contribution in [0.5, 0.6) is 0 Å². The number of hydrogen-bond acceptors (Lipinski definition) is 2. The molecule has 168 valence electrons. The summed E-state index contributed by atoms with van der Waals surface area (Å²) in [4.78, 5) is 23.2. The lowest BCUT2D eigenvalue weighted by atomic mass is 9.47. The zero-order valence-corrected chi connectivity index (χ0v) is 19.6. The second-order valence-electron chi connectivity index (χ2n) is 11.9. The summed E-state index contributed by atoms with van der Waals surface area (Å²) >= 11 is 0. The molecule has 0 saturated heterocycles. The van der Waals surface area contributed by atoms with Gasteiger partial charge < -0.3 is 5.11 Å². The number of carboxylic acid groups (broad SMARTS) is 1. The fourth-order valence-corrected chi connectivity index (χ4v) is 8.35. The summed E-state index contributed by atoms with van der Waals surface area (Å²) in [5, 5.41) is 9.16. The van der Waals surface area contributed by atoms with Gasteiger partial charge in [0, 0.05) is 12.8 Å². The molecule has 3 fully saturated rings. The molecule has 0 aromatic carbocycles. The molecule has 7 unspecified atom stereocenters. The zero-order chi connectivity index (χ0) is 21.7. The minimum absolute atomic E-state index is 0.219. The van der Waals surface area contributed by atoms with Crippen molar-refractivity contribution in [2.24, 2.45) is 46.3 Å². The third-order valence-electron chi connectivity index (χ3n) is 10.4. The summed E-state index contributed by atoms with van der Waals surface area (Å²) in [6.45, 7) is 9.34. The van der Waals surface area contributed by atoms with Crippen LogP contribution in [-0.2, 0) is 9.59 Å². The summed E-state index contributed by atoms with van der Waals surface area (Å²) in [5.41, 5.74) is 2.52. The lowest BCUT2D eigenvalue weighted by Gasteiger charge is -2.57. The summed E-state index contributed by atoms with van der Waals surface area (Å²) in [7, 11) is 0. The zero-order valence-electron chi connectivity index (χ0n) is 19.6. The van der Waals surface area contributed by atoms with Crippen molar-refractivity contribution in [1.29, 1.82) is 0 Å². The van der Waals surface area contributed by atoms with Crippen LogP contribution < -0.4 is 0 Å². The number of fused-ring (bicyclic) bond motifs is 5. The normalized spacial score (nSPS) is 42.5. The molecule has 3 heteroatoms. The van der Waals surface area contributed by atoms with Gasteiger partial charge >= 0.3 is 5.97 Å². The summed E-state index contributed by atoms with van der Waals surface area (Å²) < 4.78 is 0. The van der Waals surface area contributed by atoms with E-state index in [-0.39, 0.29) is 5.92 Å². The van der Waals surface area contributed by atoms with E-state index in [4.69, 9.17) is 5.11 Å².